The van der Waals surface area contributed by atoms with Crippen molar-refractivity contribution in [2.45, 2.75) is 25.0 Å². The molecular formula is C29H30FN3O7. The molecule has 3 N–H and O–H groups in total. The van der Waals surface area contributed by atoms with Gasteiger partial charge in [-0.25, -0.2) is 14.0 Å². The van der Waals surface area contributed by atoms with E-state index in [-0.39, 0.29) is 42.3 Å². The van der Waals surface area contributed by atoms with E-state index in [1.165, 1.54) is 37.4 Å². The first-order valence-electron chi connectivity index (χ1n) is 12.5. The van der Waals surface area contributed by atoms with Gasteiger partial charge in [-0.05, 0) is 60.5 Å². The number of nitrogens with zero attached hydrogens (tertiary/aromatic N) is 1. The second-order valence-corrected chi connectivity index (χ2v) is 9.20. The lowest BCUT2D eigenvalue weighted by Crippen LogP contribution is -2.40. The molecule has 10 nitrogen and oxygen atoms in total. The highest BCUT2D eigenvalue weighted by Crippen LogP contribution is 2.28. The third kappa shape index (κ3) is 7.06. The molecule has 0 spiro atoms. The van der Waals surface area contributed by atoms with Crippen molar-refractivity contribution in [3.8, 4) is 11.5 Å². The summed E-state index contributed by atoms with van der Waals surface area (Å²) in [6.07, 6.45) is 0.540. The maximum absolute atomic E-state index is 13.8. The Morgan fingerprint density at radius 2 is 1.73 bits per heavy atom. The molecule has 2 atom stereocenters. The molecule has 1 heterocycles. The van der Waals surface area contributed by atoms with E-state index in [0.717, 1.165) is 0 Å². The topological polar surface area (TPSA) is 126 Å². The fourth-order valence-corrected chi connectivity index (χ4v) is 4.46. The molecule has 3 aromatic carbocycles. The standard InChI is InChI=1S/C29H30FN3O7/c1-38-22-15-20(17-40-21-10-8-19(9-11-21)28(35)36)33(16-22)27(34)14-18-7-12-25(26(13-18)39-2)32-29(37)31-24-6-4-3-5-23(24)30/h3-13,20,22H,14-17H2,1-2H3,(H,35,36)(H2,31,32,37)/t20-,22+/m0/s1. The minimum Gasteiger partial charge on any atom is -0.495 e. The van der Waals surface area contributed by atoms with Gasteiger partial charge in [-0.2, -0.15) is 0 Å². The van der Waals surface area contributed by atoms with E-state index in [2.05, 4.69) is 10.6 Å². The molecule has 3 amide bonds. The molecule has 210 valence electrons. The van der Waals surface area contributed by atoms with Crippen LogP contribution in [0, 0.1) is 5.82 Å². The Morgan fingerprint density at radius 1 is 1.00 bits per heavy atom. The molecule has 0 radical (unpaired) electrons. The summed E-state index contributed by atoms with van der Waals surface area (Å²) >= 11 is 0. The molecule has 1 aliphatic heterocycles. The number of urea groups is 1. The van der Waals surface area contributed by atoms with E-state index >= 15 is 0 Å². The number of methoxy groups -OCH3 is 2. The maximum Gasteiger partial charge on any atom is 0.335 e. The number of likely N-dealkylation sites (tertiary alicyclic amines) is 1. The summed E-state index contributed by atoms with van der Waals surface area (Å²) < 4.78 is 30.6. The number of carboxylic acid groups (broad SMARTS) is 1. The van der Waals surface area contributed by atoms with Crippen molar-refractivity contribution in [1.82, 2.24) is 4.90 Å². The molecule has 0 unspecified atom stereocenters. The number of para-hydroxylation sites is 1. The monoisotopic (exact) mass is 551 g/mol. The first kappa shape index (κ1) is 28.4. The van der Waals surface area contributed by atoms with E-state index in [9.17, 15) is 18.8 Å². The van der Waals surface area contributed by atoms with Gasteiger partial charge in [0, 0.05) is 13.7 Å². The number of rotatable bonds is 10. The Kier molecular flexibility index (Phi) is 9.18. The summed E-state index contributed by atoms with van der Waals surface area (Å²) in [7, 11) is 3.04. The molecule has 0 aliphatic carbocycles. The third-order valence-electron chi connectivity index (χ3n) is 6.56. The van der Waals surface area contributed by atoms with Gasteiger partial charge < -0.3 is 34.9 Å². The van der Waals surface area contributed by atoms with Gasteiger partial charge in [0.2, 0.25) is 5.91 Å². The molecule has 11 heteroatoms. The number of carboxylic acids is 1. The molecule has 1 aliphatic rings. The molecule has 1 saturated heterocycles. The van der Waals surface area contributed by atoms with Crippen LogP contribution < -0.4 is 20.1 Å². The Morgan fingerprint density at radius 3 is 2.40 bits per heavy atom. The Balaban J connectivity index is 1.39. The van der Waals surface area contributed by atoms with Crippen LogP contribution in [0.2, 0.25) is 0 Å². The number of anilines is 2. The number of aromatic carboxylic acids is 1. The normalized spacial score (nSPS) is 16.3. The predicted octanol–water partition coefficient (Wildman–Crippen LogP) is 4.41. The molecule has 0 aromatic heterocycles. The van der Waals surface area contributed by atoms with Crippen molar-refractivity contribution in [3.63, 3.8) is 0 Å². The molecule has 1 fully saturated rings. The van der Waals surface area contributed by atoms with Crippen molar-refractivity contribution in [3.05, 3.63) is 83.7 Å². The third-order valence-corrected chi connectivity index (χ3v) is 6.56. The molecular weight excluding hydrogens is 521 g/mol. The van der Waals surface area contributed by atoms with Crippen LogP contribution in [0.3, 0.4) is 0 Å². The van der Waals surface area contributed by atoms with Gasteiger partial charge in [-0.15, -0.1) is 0 Å². The van der Waals surface area contributed by atoms with Crippen LogP contribution in [0.1, 0.15) is 22.3 Å². The summed E-state index contributed by atoms with van der Waals surface area (Å²) in [6, 6.07) is 16.0. The smallest absolute Gasteiger partial charge is 0.335 e. The van der Waals surface area contributed by atoms with E-state index in [1.807, 2.05) is 0 Å². The van der Waals surface area contributed by atoms with Crippen LogP contribution in [0.5, 0.6) is 11.5 Å². The van der Waals surface area contributed by atoms with E-state index < -0.39 is 17.8 Å². The molecule has 40 heavy (non-hydrogen) atoms. The minimum absolute atomic E-state index is 0.0389. The fraction of sp³-hybridized carbons (Fsp3) is 0.276. The van der Waals surface area contributed by atoms with Crippen LogP contribution in [0.4, 0.5) is 20.6 Å². The zero-order valence-corrected chi connectivity index (χ0v) is 22.1. The van der Waals surface area contributed by atoms with E-state index in [0.29, 0.717) is 35.7 Å². The van der Waals surface area contributed by atoms with Gasteiger partial charge in [0.05, 0.1) is 42.6 Å². The molecule has 3 aromatic rings. The van der Waals surface area contributed by atoms with E-state index in [1.54, 1.807) is 48.4 Å². The highest BCUT2D eigenvalue weighted by Gasteiger charge is 2.35. The largest absolute Gasteiger partial charge is 0.495 e. The average Bonchev–Trinajstić information content (AvgIpc) is 3.38. The zero-order chi connectivity index (χ0) is 28.6. The number of benzene rings is 3. The van der Waals surface area contributed by atoms with Crippen LogP contribution in [0.25, 0.3) is 0 Å². The van der Waals surface area contributed by atoms with Crippen molar-refractivity contribution in [1.29, 1.82) is 0 Å². The molecule has 0 bridgehead atoms. The van der Waals surface area contributed by atoms with Crippen molar-refractivity contribution < 1.29 is 38.1 Å². The summed E-state index contributed by atoms with van der Waals surface area (Å²) in [5.41, 5.74) is 1.23. The Bertz CT molecular complexity index is 1370. The number of nitrogens with one attached hydrogen (secondary N) is 2. The quantitative estimate of drug-likeness (QED) is 0.341. The lowest BCUT2D eigenvalue weighted by atomic mass is 10.1. The Labute approximate surface area is 230 Å². The summed E-state index contributed by atoms with van der Waals surface area (Å²) in [5.74, 6) is -0.862. The highest BCUT2D eigenvalue weighted by molar-refractivity contribution is 6.00. The van der Waals surface area contributed by atoms with Gasteiger partial charge in [-0.1, -0.05) is 18.2 Å². The first-order valence-corrected chi connectivity index (χ1v) is 12.5. The number of carbonyl (C=O) groups excluding carboxylic acids is 2. The number of halogens is 1. The van der Waals surface area contributed by atoms with Gasteiger partial charge in [0.15, 0.2) is 0 Å². The zero-order valence-electron chi connectivity index (χ0n) is 22.1. The van der Waals surface area contributed by atoms with Gasteiger partial charge in [-0.3, -0.25) is 4.79 Å². The highest BCUT2D eigenvalue weighted by atomic mass is 19.1. The molecule has 0 saturated carbocycles. The lowest BCUT2D eigenvalue weighted by Gasteiger charge is -2.25. The summed E-state index contributed by atoms with van der Waals surface area (Å²) in [6.45, 7) is 0.635. The number of hydrogen-bond donors (Lipinski definition) is 3. The number of amides is 3. The number of hydrogen-bond acceptors (Lipinski definition) is 6. The van der Waals surface area contributed by atoms with Gasteiger partial charge >= 0.3 is 12.0 Å². The molecule has 4 rings (SSSR count). The van der Waals surface area contributed by atoms with Gasteiger partial charge in [0.1, 0.15) is 23.9 Å². The van der Waals surface area contributed by atoms with Crippen LogP contribution in [-0.2, 0) is 16.0 Å². The number of carbonyl (C=O) groups is 3. The maximum atomic E-state index is 13.8. The van der Waals surface area contributed by atoms with Gasteiger partial charge in [0.25, 0.3) is 0 Å². The first-order chi connectivity index (χ1) is 19.3. The lowest BCUT2D eigenvalue weighted by molar-refractivity contribution is -0.132. The van der Waals surface area contributed by atoms with E-state index in [4.69, 9.17) is 19.3 Å². The predicted molar refractivity (Wildman–Crippen MR) is 146 cm³/mol. The summed E-state index contributed by atoms with van der Waals surface area (Å²) in [4.78, 5) is 38.5. The van der Waals surface area contributed by atoms with Crippen molar-refractivity contribution >= 4 is 29.3 Å². The second kappa shape index (κ2) is 12.9. The van der Waals surface area contributed by atoms with Crippen LogP contribution in [0.15, 0.2) is 66.7 Å². The van der Waals surface area contributed by atoms with Crippen LogP contribution in [-0.4, -0.2) is 67.4 Å². The minimum atomic E-state index is -1.02. The second-order valence-electron chi connectivity index (χ2n) is 9.20. The SMILES string of the molecule is COc1cc(CC(=O)N2C[C@H](OC)C[C@H]2COc2ccc(C(=O)O)cc2)ccc1NC(=O)Nc1ccccc1F. The van der Waals surface area contributed by atoms with Crippen molar-refractivity contribution in [2.24, 2.45) is 0 Å². The Hall–Kier alpha value is -4.64. The summed E-state index contributed by atoms with van der Waals surface area (Å²) in [5, 5.41) is 14.1. The van der Waals surface area contributed by atoms with Crippen molar-refractivity contribution in [2.75, 3.05) is 38.0 Å². The van der Waals surface area contributed by atoms with Crippen LogP contribution >= 0.6 is 0 Å². The average molecular weight is 552 g/mol. The fourth-order valence-electron chi connectivity index (χ4n) is 4.46. The number of ether oxygens (including phenoxy) is 3.